The number of aromatic nitrogens is 1. The zero-order chi connectivity index (χ0) is 22.4. The van der Waals surface area contributed by atoms with Gasteiger partial charge in [0.15, 0.2) is 5.58 Å². The molecule has 0 atom stereocenters. The lowest BCUT2D eigenvalue weighted by atomic mass is 10.1. The van der Waals surface area contributed by atoms with Crippen molar-refractivity contribution < 1.29 is 14.1 Å². The molecule has 1 heterocycles. The van der Waals surface area contributed by atoms with E-state index < -0.39 is 10.7 Å². The van der Waals surface area contributed by atoms with Crippen LogP contribution in [0.3, 0.4) is 0 Å². The van der Waals surface area contributed by atoms with Crippen molar-refractivity contribution in [2.45, 2.75) is 25.9 Å². The van der Waals surface area contributed by atoms with Gasteiger partial charge in [0.1, 0.15) is 0 Å². The molecule has 3 rings (SSSR count). The Morgan fingerprint density at radius 3 is 2.68 bits per heavy atom. The monoisotopic (exact) mass is 420 g/mol. The zero-order valence-electron chi connectivity index (χ0n) is 16.7. The molecule has 0 unspecified atom stereocenters. The minimum atomic E-state index is -0.622. The molecule has 0 aliphatic heterocycles. The lowest BCUT2D eigenvalue weighted by molar-refractivity contribution is -0.384. The first-order valence-corrected chi connectivity index (χ1v) is 9.58. The summed E-state index contributed by atoms with van der Waals surface area (Å²) in [5, 5.41) is 19.8. The van der Waals surface area contributed by atoms with E-state index in [2.05, 4.69) is 12.6 Å². The van der Waals surface area contributed by atoms with Crippen LogP contribution >= 0.6 is 0 Å². The molecule has 0 radical (unpaired) electrons. The first kappa shape index (κ1) is 21.5. The fourth-order valence-electron chi connectivity index (χ4n) is 3.24. The van der Waals surface area contributed by atoms with Gasteiger partial charge in [0.2, 0.25) is 5.91 Å². The van der Waals surface area contributed by atoms with Gasteiger partial charge in [-0.15, -0.1) is 6.58 Å². The van der Waals surface area contributed by atoms with E-state index in [1.807, 2.05) is 0 Å². The molecule has 0 N–H and O–H groups in total. The largest absolute Gasteiger partial charge is 0.419 e. The summed E-state index contributed by atoms with van der Waals surface area (Å²) in [6.45, 7) is 4.70. The van der Waals surface area contributed by atoms with E-state index in [1.165, 1.54) is 22.8 Å². The van der Waals surface area contributed by atoms with Crippen LogP contribution in [0.2, 0.25) is 0 Å². The van der Waals surface area contributed by atoms with Gasteiger partial charge in [-0.25, -0.2) is 4.79 Å². The van der Waals surface area contributed by atoms with Gasteiger partial charge < -0.3 is 9.32 Å². The summed E-state index contributed by atoms with van der Waals surface area (Å²) in [4.78, 5) is 36.8. The Bertz CT molecular complexity index is 1220. The fourth-order valence-corrected chi connectivity index (χ4v) is 3.24. The number of nitrogens with zero attached hydrogens (tertiary/aromatic N) is 4. The van der Waals surface area contributed by atoms with Crippen molar-refractivity contribution in [2.24, 2.45) is 0 Å². The van der Waals surface area contributed by atoms with Crippen molar-refractivity contribution >= 4 is 22.7 Å². The summed E-state index contributed by atoms with van der Waals surface area (Å²) >= 11 is 0. The standard InChI is InChI=1S/C22H20N4O5/c1-2-11-24(15-17-7-5-16(14-23)6-8-17)21(27)4-3-12-25-19-10-9-18(26(29)30)13-20(19)31-22(25)28/h2,5-10,13H,1,3-4,11-12,15H2. The maximum atomic E-state index is 12.7. The maximum absolute atomic E-state index is 12.7. The number of nitro groups is 1. The van der Waals surface area contributed by atoms with Crippen LogP contribution in [0.5, 0.6) is 0 Å². The van der Waals surface area contributed by atoms with E-state index in [9.17, 15) is 19.7 Å². The summed E-state index contributed by atoms with van der Waals surface area (Å²) in [6, 6.07) is 13.1. The quantitative estimate of drug-likeness (QED) is 0.297. The third kappa shape index (κ3) is 5.05. The van der Waals surface area contributed by atoms with E-state index >= 15 is 0 Å². The van der Waals surface area contributed by atoms with Crippen molar-refractivity contribution in [3.8, 4) is 6.07 Å². The van der Waals surface area contributed by atoms with Crippen LogP contribution in [0.1, 0.15) is 24.0 Å². The van der Waals surface area contributed by atoms with Gasteiger partial charge in [0.05, 0.1) is 28.1 Å². The van der Waals surface area contributed by atoms with Crippen LogP contribution in [0.25, 0.3) is 11.1 Å². The van der Waals surface area contributed by atoms with Crippen LogP contribution < -0.4 is 5.76 Å². The summed E-state index contributed by atoms with van der Waals surface area (Å²) < 4.78 is 6.47. The van der Waals surface area contributed by atoms with Gasteiger partial charge >= 0.3 is 5.76 Å². The van der Waals surface area contributed by atoms with Crippen LogP contribution in [-0.4, -0.2) is 26.8 Å². The number of amides is 1. The molecule has 1 aromatic heterocycles. The molecule has 31 heavy (non-hydrogen) atoms. The molecular weight excluding hydrogens is 400 g/mol. The van der Waals surface area contributed by atoms with Gasteiger partial charge in [-0.3, -0.25) is 19.5 Å². The topological polar surface area (TPSA) is 122 Å². The Hall–Kier alpha value is -4.19. The van der Waals surface area contributed by atoms with Crippen LogP contribution in [0, 0.1) is 21.4 Å². The number of nitro benzene ring substituents is 1. The van der Waals surface area contributed by atoms with Crippen molar-refractivity contribution in [3.63, 3.8) is 0 Å². The maximum Gasteiger partial charge on any atom is 0.419 e. The summed E-state index contributed by atoms with van der Waals surface area (Å²) in [5.74, 6) is -0.718. The number of aryl methyl sites for hydroxylation is 1. The molecule has 0 saturated heterocycles. The third-order valence-electron chi connectivity index (χ3n) is 4.79. The van der Waals surface area contributed by atoms with Crippen molar-refractivity contribution in [2.75, 3.05) is 6.54 Å². The lowest BCUT2D eigenvalue weighted by Gasteiger charge is -2.21. The van der Waals surface area contributed by atoms with E-state index in [0.717, 1.165) is 5.56 Å². The second-order valence-electron chi connectivity index (χ2n) is 6.90. The highest BCUT2D eigenvalue weighted by Crippen LogP contribution is 2.20. The molecule has 0 bridgehead atoms. The average molecular weight is 420 g/mol. The number of fused-ring (bicyclic) bond motifs is 1. The lowest BCUT2D eigenvalue weighted by Crippen LogP contribution is -2.30. The molecule has 0 aliphatic rings. The molecule has 0 aliphatic carbocycles. The molecule has 0 spiro atoms. The van der Waals surface area contributed by atoms with Gasteiger partial charge in [-0.1, -0.05) is 18.2 Å². The van der Waals surface area contributed by atoms with E-state index in [0.29, 0.717) is 30.6 Å². The minimum Gasteiger partial charge on any atom is -0.407 e. The van der Waals surface area contributed by atoms with E-state index in [4.69, 9.17) is 9.68 Å². The Balaban J connectivity index is 1.65. The molecule has 3 aromatic rings. The Kier molecular flexibility index (Phi) is 6.62. The zero-order valence-corrected chi connectivity index (χ0v) is 16.7. The predicted octanol–water partition coefficient (Wildman–Crippen LogP) is 3.37. The van der Waals surface area contributed by atoms with Crippen molar-refractivity contribution in [3.05, 3.63) is 86.9 Å². The van der Waals surface area contributed by atoms with Gasteiger partial charge in [0, 0.05) is 32.1 Å². The molecule has 0 saturated carbocycles. The number of hydrogen-bond acceptors (Lipinski definition) is 6. The second kappa shape index (κ2) is 9.54. The average Bonchev–Trinajstić information content (AvgIpc) is 3.08. The number of hydrogen-bond donors (Lipinski definition) is 0. The summed E-state index contributed by atoms with van der Waals surface area (Å²) in [5.41, 5.74) is 1.87. The van der Waals surface area contributed by atoms with Gasteiger partial charge in [-0.05, 0) is 30.2 Å². The molecule has 9 nitrogen and oxygen atoms in total. The normalized spacial score (nSPS) is 10.5. The first-order chi connectivity index (χ1) is 14.9. The van der Waals surface area contributed by atoms with Crippen LogP contribution in [0.4, 0.5) is 5.69 Å². The number of rotatable bonds is 9. The number of non-ortho nitro benzene ring substituents is 1. The highest BCUT2D eigenvalue weighted by molar-refractivity contribution is 5.77. The Morgan fingerprint density at radius 1 is 1.29 bits per heavy atom. The molecule has 1 amide bonds. The number of nitriles is 1. The number of benzene rings is 2. The minimum absolute atomic E-state index is 0.0965. The summed E-state index contributed by atoms with van der Waals surface area (Å²) in [7, 11) is 0. The third-order valence-corrected chi connectivity index (χ3v) is 4.79. The SMILES string of the molecule is C=CCN(Cc1ccc(C#N)cc1)C(=O)CCCn1c(=O)oc2cc([N+](=O)[O-])ccc21. The highest BCUT2D eigenvalue weighted by Gasteiger charge is 2.16. The van der Waals surface area contributed by atoms with E-state index in [1.54, 1.807) is 35.2 Å². The van der Waals surface area contributed by atoms with E-state index in [-0.39, 0.29) is 30.1 Å². The molecular formula is C22H20N4O5. The Labute approximate surface area is 177 Å². The van der Waals surface area contributed by atoms with Crippen molar-refractivity contribution in [1.29, 1.82) is 5.26 Å². The first-order valence-electron chi connectivity index (χ1n) is 9.58. The van der Waals surface area contributed by atoms with Gasteiger partial charge in [0.25, 0.3) is 5.69 Å². The number of carbonyl (C=O) groups is 1. The smallest absolute Gasteiger partial charge is 0.407 e. The number of oxazole rings is 1. The fraction of sp³-hybridized carbons (Fsp3) is 0.227. The molecule has 0 fully saturated rings. The molecule has 158 valence electrons. The predicted molar refractivity (Wildman–Crippen MR) is 113 cm³/mol. The highest BCUT2D eigenvalue weighted by atomic mass is 16.6. The van der Waals surface area contributed by atoms with Crippen LogP contribution in [0.15, 0.2) is 64.3 Å². The second-order valence-corrected chi connectivity index (χ2v) is 6.90. The molecule has 2 aromatic carbocycles. The van der Waals surface area contributed by atoms with Crippen molar-refractivity contribution in [1.82, 2.24) is 9.47 Å². The summed E-state index contributed by atoms with van der Waals surface area (Å²) in [6.07, 6.45) is 2.24. The van der Waals surface area contributed by atoms with Crippen LogP contribution in [-0.2, 0) is 17.9 Å². The number of carbonyl (C=O) groups excluding carboxylic acids is 1. The molecule has 9 heteroatoms. The Morgan fingerprint density at radius 2 is 2.03 bits per heavy atom. The van der Waals surface area contributed by atoms with Gasteiger partial charge in [-0.2, -0.15) is 5.26 Å².